The number of carbonyl (C=O) groups excluding carboxylic acids is 1. The molecule has 1 aromatic rings. The van der Waals surface area contributed by atoms with Crippen LogP contribution in [-0.2, 0) is 0 Å². The van der Waals surface area contributed by atoms with E-state index < -0.39 is 6.10 Å². The minimum atomic E-state index is -1.13. The average molecular weight is 224 g/mol. The maximum absolute atomic E-state index is 11.7. The largest absolute Gasteiger partial charge is 0.496 e. The molecule has 1 heterocycles. The molecule has 0 fully saturated rings. The molecule has 86 valence electrons. The molecule has 0 aromatic heterocycles. The van der Waals surface area contributed by atoms with Crippen LogP contribution in [0.2, 0.25) is 0 Å². The summed E-state index contributed by atoms with van der Waals surface area (Å²) in [5.41, 5.74) is 0.266. The Kier molecular flexibility index (Phi) is 2.70. The Bertz CT molecular complexity index is 409. The smallest absolute Gasteiger partial charge is 0.202 e. The van der Waals surface area contributed by atoms with Gasteiger partial charge in [0.1, 0.15) is 29.4 Å². The zero-order valence-electron chi connectivity index (χ0n) is 9.02. The molecule has 1 N–H and O–H groups in total. The van der Waals surface area contributed by atoms with Gasteiger partial charge in [-0.25, -0.2) is 0 Å². The highest BCUT2D eigenvalue weighted by atomic mass is 16.5. The van der Waals surface area contributed by atoms with Crippen LogP contribution in [0.4, 0.5) is 0 Å². The van der Waals surface area contributed by atoms with Crippen molar-refractivity contribution in [3.05, 3.63) is 17.7 Å². The topological polar surface area (TPSA) is 65.0 Å². The quantitative estimate of drug-likeness (QED) is 0.798. The SMILES string of the molecule is COc1cc(OC)c2c(c1)OC[C@H](O)C2=O. The van der Waals surface area contributed by atoms with Gasteiger partial charge in [-0.2, -0.15) is 0 Å². The van der Waals surface area contributed by atoms with Gasteiger partial charge in [0.15, 0.2) is 6.10 Å². The van der Waals surface area contributed by atoms with E-state index in [0.29, 0.717) is 17.2 Å². The van der Waals surface area contributed by atoms with Crippen LogP contribution >= 0.6 is 0 Å². The molecule has 5 nitrogen and oxygen atoms in total. The number of aliphatic hydroxyl groups excluding tert-OH is 1. The molecule has 2 rings (SSSR count). The zero-order valence-corrected chi connectivity index (χ0v) is 9.02. The third-order valence-electron chi connectivity index (χ3n) is 2.44. The number of ketones is 1. The molecule has 5 heteroatoms. The lowest BCUT2D eigenvalue weighted by molar-refractivity contribution is 0.0552. The highest BCUT2D eigenvalue weighted by Gasteiger charge is 2.31. The van der Waals surface area contributed by atoms with Crippen LogP contribution in [0.1, 0.15) is 10.4 Å². The highest BCUT2D eigenvalue weighted by molar-refractivity contribution is 6.05. The van der Waals surface area contributed by atoms with Crippen LogP contribution < -0.4 is 14.2 Å². The molecule has 1 aliphatic heterocycles. The molecule has 0 amide bonds. The Morgan fingerprint density at radius 3 is 2.75 bits per heavy atom. The van der Waals surface area contributed by atoms with Gasteiger partial charge < -0.3 is 19.3 Å². The second-order valence-electron chi connectivity index (χ2n) is 3.39. The van der Waals surface area contributed by atoms with E-state index in [1.54, 1.807) is 12.1 Å². The number of aliphatic hydroxyl groups is 1. The summed E-state index contributed by atoms with van der Waals surface area (Å²) in [6.07, 6.45) is -1.13. The standard InChI is InChI=1S/C11H12O5/c1-14-6-3-8(15-2)10-9(4-6)16-5-7(12)11(10)13/h3-4,7,12H,5H2,1-2H3/t7-/m0/s1. The second-order valence-corrected chi connectivity index (χ2v) is 3.39. The van der Waals surface area contributed by atoms with Gasteiger partial charge in [-0.15, -0.1) is 0 Å². The van der Waals surface area contributed by atoms with E-state index in [4.69, 9.17) is 14.2 Å². The summed E-state index contributed by atoms with van der Waals surface area (Å²) in [6.45, 7) is -0.0395. The van der Waals surface area contributed by atoms with Gasteiger partial charge in [-0.05, 0) is 0 Å². The van der Waals surface area contributed by atoms with Crippen molar-refractivity contribution in [3.8, 4) is 17.2 Å². The van der Waals surface area contributed by atoms with Crippen molar-refractivity contribution < 1.29 is 24.1 Å². The third kappa shape index (κ3) is 1.59. The van der Waals surface area contributed by atoms with Crippen molar-refractivity contribution in [2.45, 2.75) is 6.10 Å². The molecule has 0 saturated carbocycles. The van der Waals surface area contributed by atoms with E-state index in [9.17, 15) is 9.90 Å². The third-order valence-corrected chi connectivity index (χ3v) is 2.44. The lowest BCUT2D eigenvalue weighted by atomic mass is 10.0. The van der Waals surface area contributed by atoms with Gasteiger partial charge in [0.25, 0.3) is 0 Å². The Morgan fingerprint density at radius 1 is 1.38 bits per heavy atom. The number of methoxy groups -OCH3 is 2. The van der Waals surface area contributed by atoms with Crippen molar-refractivity contribution in [1.29, 1.82) is 0 Å². The first-order chi connectivity index (χ1) is 7.67. The predicted octanol–water partition coefficient (Wildman–Crippen LogP) is 0.640. The first kappa shape index (κ1) is 10.8. The Labute approximate surface area is 92.5 Å². The maximum Gasteiger partial charge on any atom is 0.202 e. The zero-order chi connectivity index (χ0) is 11.7. The monoisotopic (exact) mass is 224 g/mol. The summed E-state index contributed by atoms with van der Waals surface area (Å²) in [6, 6.07) is 3.18. The Morgan fingerprint density at radius 2 is 2.12 bits per heavy atom. The molecule has 0 aliphatic carbocycles. The lowest BCUT2D eigenvalue weighted by Gasteiger charge is -2.22. The highest BCUT2D eigenvalue weighted by Crippen LogP contribution is 2.37. The predicted molar refractivity (Wildman–Crippen MR) is 55.4 cm³/mol. The van der Waals surface area contributed by atoms with Gasteiger partial charge in [0.05, 0.1) is 14.2 Å². The molecule has 1 aliphatic rings. The summed E-state index contributed by atoms with van der Waals surface area (Å²) >= 11 is 0. The van der Waals surface area contributed by atoms with Crippen molar-refractivity contribution in [3.63, 3.8) is 0 Å². The summed E-state index contributed by atoms with van der Waals surface area (Å²) in [4.78, 5) is 11.7. The lowest BCUT2D eigenvalue weighted by Crippen LogP contribution is -2.32. The number of rotatable bonds is 2. The molecule has 0 saturated heterocycles. The Balaban J connectivity index is 2.57. The van der Waals surface area contributed by atoms with Crippen molar-refractivity contribution >= 4 is 5.78 Å². The van der Waals surface area contributed by atoms with E-state index in [-0.39, 0.29) is 18.0 Å². The van der Waals surface area contributed by atoms with Crippen molar-refractivity contribution in [2.75, 3.05) is 20.8 Å². The molecule has 0 radical (unpaired) electrons. The van der Waals surface area contributed by atoms with Gasteiger partial charge in [-0.3, -0.25) is 4.79 Å². The minimum Gasteiger partial charge on any atom is -0.496 e. The van der Waals surface area contributed by atoms with Crippen molar-refractivity contribution in [2.24, 2.45) is 0 Å². The van der Waals surface area contributed by atoms with E-state index in [0.717, 1.165) is 0 Å². The molecule has 1 atom stereocenters. The van der Waals surface area contributed by atoms with Crippen LogP contribution in [0, 0.1) is 0 Å². The van der Waals surface area contributed by atoms with Crippen LogP contribution in [0.25, 0.3) is 0 Å². The fraction of sp³-hybridized carbons (Fsp3) is 0.364. The number of hydrogen-bond donors (Lipinski definition) is 1. The molecule has 0 bridgehead atoms. The number of carbonyl (C=O) groups is 1. The van der Waals surface area contributed by atoms with E-state index in [2.05, 4.69) is 0 Å². The van der Waals surface area contributed by atoms with Crippen LogP contribution in [0.5, 0.6) is 17.2 Å². The molecule has 0 unspecified atom stereocenters. The number of hydrogen-bond acceptors (Lipinski definition) is 5. The molecule has 16 heavy (non-hydrogen) atoms. The molecular formula is C11H12O5. The molecule has 0 spiro atoms. The Hall–Kier alpha value is -1.75. The minimum absolute atomic E-state index is 0.0395. The maximum atomic E-state index is 11.7. The van der Waals surface area contributed by atoms with Crippen molar-refractivity contribution in [1.82, 2.24) is 0 Å². The summed E-state index contributed by atoms with van der Waals surface area (Å²) in [5, 5.41) is 9.41. The van der Waals surface area contributed by atoms with Gasteiger partial charge in [0, 0.05) is 12.1 Å². The van der Waals surface area contributed by atoms with E-state index >= 15 is 0 Å². The fourth-order valence-corrected chi connectivity index (χ4v) is 1.61. The molecular weight excluding hydrogens is 212 g/mol. The van der Waals surface area contributed by atoms with E-state index in [1.165, 1.54) is 14.2 Å². The summed E-state index contributed by atoms with van der Waals surface area (Å²) in [5.74, 6) is 0.880. The fourth-order valence-electron chi connectivity index (χ4n) is 1.61. The normalized spacial score (nSPS) is 18.7. The summed E-state index contributed by atoms with van der Waals surface area (Å²) in [7, 11) is 2.96. The van der Waals surface area contributed by atoms with E-state index in [1.807, 2.05) is 0 Å². The van der Waals surface area contributed by atoms with Crippen LogP contribution in [0.15, 0.2) is 12.1 Å². The van der Waals surface area contributed by atoms with Gasteiger partial charge >= 0.3 is 0 Å². The van der Waals surface area contributed by atoms with Gasteiger partial charge in [-0.1, -0.05) is 0 Å². The first-order valence-electron chi connectivity index (χ1n) is 4.78. The number of fused-ring (bicyclic) bond motifs is 1. The van der Waals surface area contributed by atoms with Crippen LogP contribution in [-0.4, -0.2) is 37.8 Å². The summed E-state index contributed by atoms with van der Waals surface area (Å²) < 4.78 is 15.4. The number of benzene rings is 1. The average Bonchev–Trinajstić information content (AvgIpc) is 2.32. The molecule has 1 aromatic carbocycles. The van der Waals surface area contributed by atoms with Crippen LogP contribution in [0.3, 0.4) is 0 Å². The van der Waals surface area contributed by atoms with Gasteiger partial charge in [0.2, 0.25) is 5.78 Å². The first-order valence-corrected chi connectivity index (χ1v) is 4.78. The second kappa shape index (κ2) is 4.02. The number of ether oxygens (including phenoxy) is 3. The number of Topliss-reactive ketones (excluding diaryl/α,β-unsaturated/α-hetero) is 1.